The number of alkyl halides is 1. The molecule has 4 heteroatoms. The molecule has 2 rings (SSSR count). The summed E-state index contributed by atoms with van der Waals surface area (Å²) in [6.45, 7) is 0. The molecule has 20 heavy (non-hydrogen) atoms. The molecule has 1 aromatic rings. The quantitative estimate of drug-likeness (QED) is 0.913. The number of carboxylic acids is 1. The Bertz CT molecular complexity index is 530. The molecule has 1 saturated carbocycles. The van der Waals surface area contributed by atoms with E-state index in [0.29, 0.717) is 17.0 Å². The molecule has 0 bridgehead atoms. The molecule has 0 amide bonds. The highest BCUT2D eigenvalue weighted by molar-refractivity contribution is 5.72. The van der Waals surface area contributed by atoms with Crippen LogP contribution in [0.3, 0.4) is 0 Å². The second-order valence-electron chi connectivity index (χ2n) is 5.38. The van der Waals surface area contributed by atoms with Crippen LogP contribution < -0.4 is 0 Å². The van der Waals surface area contributed by atoms with Crippen molar-refractivity contribution < 1.29 is 14.3 Å². The Hall–Kier alpha value is -1.89. The number of aliphatic carboxylic acids is 1. The molecule has 1 aliphatic carbocycles. The fourth-order valence-corrected chi connectivity index (χ4v) is 2.89. The summed E-state index contributed by atoms with van der Waals surface area (Å²) in [5, 5.41) is 17.8. The minimum Gasteiger partial charge on any atom is -0.479 e. The molecule has 3 nitrogen and oxygen atoms in total. The lowest BCUT2D eigenvalue weighted by atomic mass is 9.81. The van der Waals surface area contributed by atoms with Crippen LogP contribution in [0.25, 0.3) is 0 Å². The number of rotatable bonds is 4. The Kier molecular flexibility index (Phi) is 4.73. The molecule has 0 aromatic heterocycles. The molecule has 0 spiro atoms. The van der Waals surface area contributed by atoms with E-state index >= 15 is 0 Å². The molecule has 1 aliphatic rings. The maximum atomic E-state index is 13.2. The summed E-state index contributed by atoms with van der Waals surface area (Å²) in [7, 11) is 0. The number of hydrogen-bond donors (Lipinski definition) is 1. The maximum absolute atomic E-state index is 13.2. The third-order valence-corrected chi connectivity index (χ3v) is 3.97. The van der Waals surface area contributed by atoms with Gasteiger partial charge in [-0.2, -0.15) is 5.26 Å². The minimum atomic E-state index is -1.91. The highest BCUT2D eigenvalue weighted by Gasteiger charge is 2.20. The second-order valence-corrected chi connectivity index (χ2v) is 5.38. The zero-order chi connectivity index (χ0) is 14.5. The first-order valence-electron chi connectivity index (χ1n) is 7.01. The summed E-state index contributed by atoms with van der Waals surface area (Å²) in [4.78, 5) is 10.5. The van der Waals surface area contributed by atoms with Gasteiger partial charge in [-0.25, -0.2) is 9.18 Å². The molecule has 106 valence electrons. The maximum Gasteiger partial charge on any atom is 0.338 e. The molecule has 1 atom stereocenters. The van der Waals surface area contributed by atoms with E-state index in [1.165, 1.54) is 19.3 Å². The van der Waals surface area contributed by atoms with Crippen LogP contribution in [-0.4, -0.2) is 17.2 Å². The van der Waals surface area contributed by atoms with Gasteiger partial charge in [0.1, 0.15) is 0 Å². The van der Waals surface area contributed by atoms with E-state index in [4.69, 9.17) is 5.11 Å². The smallest absolute Gasteiger partial charge is 0.338 e. The average molecular weight is 275 g/mol. The van der Waals surface area contributed by atoms with Crippen LogP contribution in [0, 0.1) is 11.3 Å². The first-order valence-corrected chi connectivity index (χ1v) is 7.01. The predicted octanol–water partition coefficient (Wildman–Crippen LogP) is 3.57. The van der Waals surface area contributed by atoms with Gasteiger partial charge in [-0.3, -0.25) is 0 Å². The van der Waals surface area contributed by atoms with Gasteiger partial charge in [0.2, 0.25) is 6.17 Å². The van der Waals surface area contributed by atoms with Crippen molar-refractivity contribution in [2.24, 2.45) is 0 Å². The van der Waals surface area contributed by atoms with Gasteiger partial charge < -0.3 is 5.11 Å². The van der Waals surface area contributed by atoms with Gasteiger partial charge in [-0.1, -0.05) is 31.4 Å². The predicted molar refractivity (Wildman–Crippen MR) is 73.2 cm³/mol. The Morgan fingerprint density at radius 1 is 1.40 bits per heavy atom. The first kappa shape index (κ1) is 14.5. The summed E-state index contributed by atoms with van der Waals surface area (Å²) in [5.74, 6) is -1.05. The van der Waals surface area contributed by atoms with Crippen molar-refractivity contribution in [1.82, 2.24) is 0 Å². The molecule has 0 radical (unpaired) electrons. The number of benzene rings is 1. The highest BCUT2D eigenvalue weighted by Crippen LogP contribution is 2.34. The fraction of sp³-hybridized carbons (Fsp3) is 0.500. The number of nitrogens with zero attached hydrogens (tertiary/aromatic N) is 1. The second kappa shape index (κ2) is 6.51. The Balaban J connectivity index is 2.19. The van der Waals surface area contributed by atoms with E-state index in [0.717, 1.165) is 18.4 Å². The molecular formula is C16H18FNO2. The summed E-state index contributed by atoms with van der Waals surface area (Å²) in [5.41, 5.74) is 2.16. The third kappa shape index (κ3) is 3.36. The lowest BCUT2D eigenvalue weighted by Crippen LogP contribution is -2.17. The Morgan fingerprint density at radius 2 is 2.10 bits per heavy atom. The standard InChI is InChI=1S/C16H18FNO2/c17-15(16(19)20)9-11-6-7-14(13(8-11)10-18)12-4-2-1-3-5-12/h6-8,12,15H,1-5,9H2,(H,19,20). The number of nitriles is 1. The molecule has 0 heterocycles. The monoisotopic (exact) mass is 275 g/mol. The van der Waals surface area contributed by atoms with Gasteiger partial charge >= 0.3 is 5.97 Å². The van der Waals surface area contributed by atoms with Crippen molar-refractivity contribution in [3.63, 3.8) is 0 Å². The van der Waals surface area contributed by atoms with Crippen LogP contribution in [0.15, 0.2) is 18.2 Å². The zero-order valence-corrected chi connectivity index (χ0v) is 11.3. The molecule has 0 aliphatic heterocycles. The Labute approximate surface area is 118 Å². The van der Waals surface area contributed by atoms with Crippen molar-refractivity contribution in [3.8, 4) is 6.07 Å². The van der Waals surface area contributed by atoms with Crippen LogP contribution in [0.2, 0.25) is 0 Å². The Morgan fingerprint density at radius 3 is 2.70 bits per heavy atom. The summed E-state index contributed by atoms with van der Waals surface area (Å²) in [6.07, 6.45) is 3.70. The number of carboxylic acid groups (broad SMARTS) is 1. The van der Waals surface area contributed by atoms with Gasteiger partial charge in [-0.15, -0.1) is 0 Å². The first-order chi connectivity index (χ1) is 9.61. The fourth-order valence-electron chi connectivity index (χ4n) is 2.89. The molecule has 1 N–H and O–H groups in total. The zero-order valence-electron chi connectivity index (χ0n) is 11.3. The number of hydrogen-bond acceptors (Lipinski definition) is 2. The normalized spacial score (nSPS) is 17.4. The summed E-state index contributed by atoms with van der Waals surface area (Å²) < 4.78 is 13.2. The van der Waals surface area contributed by atoms with Crippen molar-refractivity contribution in [1.29, 1.82) is 5.26 Å². The highest BCUT2D eigenvalue weighted by atomic mass is 19.1. The molecule has 1 fully saturated rings. The molecule has 0 saturated heterocycles. The SMILES string of the molecule is N#Cc1cc(CC(F)C(=O)O)ccc1C1CCCCC1. The largest absolute Gasteiger partial charge is 0.479 e. The van der Waals surface area contributed by atoms with Crippen LogP contribution in [-0.2, 0) is 11.2 Å². The van der Waals surface area contributed by atoms with Crippen molar-refractivity contribution in [3.05, 3.63) is 34.9 Å². The van der Waals surface area contributed by atoms with Gasteiger partial charge in [0.05, 0.1) is 11.6 Å². The molecule has 1 unspecified atom stereocenters. The third-order valence-electron chi connectivity index (χ3n) is 3.97. The average Bonchev–Trinajstić information content (AvgIpc) is 2.47. The van der Waals surface area contributed by atoms with E-state index in [1.807, 2.05) is 6.07 Å². The lowest BCUT2D eigenvalue weighted by molar-refractivity contribution is -0.142. The van der Waals surface area contributed by atoms with Crippen LogP contribution >= 0.6 is 0 Å². The van der Waals surface area contributed by atoms with E-state index < -0.39 is 12.1 Å². The molecular weight excluding hydrogens is 257 g/mol. The summed E-state index contributed by atoms with van der Waals surface area (Å²) >= 11 is 0. The number of halogens is 1. The van der Waals surface area contributed by atoms with E-state index in [1.54, 1.807) is 12.1 Å². The van der Waals surface area contributed by atoms with Crippen LogP contribution in [0.1, 0.15) is 54.7 Å². The van der Waals surface area contributed by atoms with E-state index in [9.17, 15) is 14.4 Å². The lowest BCUT2D eigenvalue weighted by Gasteiger charge is -2.23. The van der Waals surface area contributed by atoms with E-state index in [-0.39, 0.29) is 6.42 Å². The minimum absolute atomic E-state index is 0.186. The molecule has 1 aromatic carbocycles. The van der Waals surface area contributed by atoms with Gasteiger partial charge in [0, 0.05) is 6.42 Å². The van der Waals surface area contributed by atoms with Crippen LogP contribution in [0.5, 0.6) is 0 Å². The number of carbonyl (C=O) groups is 1. The van der Waals surface area contributed by atoms with Gasteiger partial charge in [-0.05, 0) is 36.0 Å². The van der Waals surface area contributed by atoms with E-state index in [2.05, 4.69) is 6.07 Å². The van der Waals surface area contributed by atoms with Crippen LogP contribution in [0.4, 0.5) is 4.39 Å². The summed E-state index contributed by atoms with van der Waals surface area (Å²) in [6, 6.07) is 7.43. The topological polar surface area (TPSA) is 61.1 Å². The van der Waals surface area contributed by atoms with Crippen molar-refractivity contribution >= 4 is 5.97 Å². The van der Waals surface area contributed by atoms with Gasteiger partial charge in [0.25, 0.3) is 0 Å². The van der Waals surface area contributed by atoms with Gasteiger partial charge in [0.15, 0.2) is 0 Å². The van der Waals surface area contributed by atoms with Crippen molar-refractivity contribution in [2.45, 2.75) is 50.6 Å². The van der Waals surface area contributed by atoms with Crippen molar-refractivity contribution in [2.75, 3.05) is 0 Å².